The van der Waals surface area contributed by atoms with Crippen LogP contribution >= 0.6 is 0 Å². The Morgan fingerprint density at radius 3 is 1.37 bits per heavy atom. The summed E-state index contributed by atoms with van der Waals surface area (Å²) in [4.78, 5) is 24.8. The Kier molecular flexibility index (Phi) is 11.7. The van der Waals surface area contributed by atoms with Crippen LogP contribution < -0.4 is 29.6 Å². The van der Waals surface area contributed by atoms with Crippen LogP contribution in [-0.4, -0.2) is 53.3 Å². The van der Waals surface area contributed by atoms with Gasteiger partial charge in [0.2, 0.25) is 0 Å². The van der Waals surface area contributed by atoms with Gasteiger partial charge in [0, 0.05) is 13.1 Å². The van der Waals surface area contributed by atoms with Gasteiger partial charge in [0.1, 0.15) is 23.3 Å². The molecule has 0 radical (unpaired) electrons. The third-order valence-electron chi connectivity index (χ3n) is 5.34. The van der Waals surface area contributed by atoms with Gasteiger partial charge in [0.25, 0.3) is 11.8 Å². The highest BCUT2D eigenvalue weighted by molar-refractivity contribution is 6.02. The first-order valence-corrected chi connectivity index (χ1v) is 11.6. The summed E-state index contributed by atoms with van der Waals surface area (Å²) in [6.45, 7) is 0.624. The van der Waals surface area contributed by atoms with Crippen molar-refractivity contribution in [2.45, 2.75) is 12.8 Å². The number of unbranched alkanes of at least 4 members (excludes halogenated alkanes) is 1. The lowest BCUT2D eigenvalue weighted by Gasteiger charge is -2.09. The lowest BCUT2D eigenvalue weighted by Crippen LogP contribution is -2.28. The van der Waals surface area contributed by atoms with Crippen LogP contribution in [0.5, 0.6) is 23.0 Å². The highest BCUT2D eigenvalue weighted by Crippen LogP contribution is 2.29. The van der Waals surface area contributed by atoms with E-state index in [2.05, 4.69) is 10.6 Å². The maximum Gasteiger partial charge on any atom is 0.261 e. The normalized spacial score (nSPS) is 11.0. The first-order chi connectivity index (χ1) is 18.4. The van der Waals surface area contributed by atoms with Crippen LogP contribution in [0.15, 0.2) is 47.5 Å². The molecule has 0 aromatic heterocycles. The van der Waals surface area contributed by atoms with Gasteiger partial charge in [-0.1, -0.05) is 12.1 Å². The largest absolute Gasteiger partial charge is 0.493 e. The van der Waals surface area contributed by atoms with Gasteiger partial charge in [0.05, 0.1) is 28.4 Å². The monoisotopic (exact) mass is 518 g/mol. The number of benzene rings is 2. The van der Waals surface area contributed by atoms with E-state index in [1.165, 1.54) is 40.6 Å². The summed E-state index contributed by atoms with van der Waals surface area (Å²) in [7, 11) is 6.04. The molecule has 0 saturated heterocycles. The average molecular weight is 519 g/mol. The molecule has 0 spiro atoms. The molecule has 2 aromatic carbocycles. The van der Waals surface area contributed by atoms with E-state index >= 15 is 0 Å². The van der Waals surface area contributed by atoms with Crippen molar-refractivity contribution >= 4 is 24.0 Å². The van der Waals surface area contributed by atoms with Gasteiger partial charge < -0.3 is 29.6 Å². The van der Waals surface area contributed by atoms with Gasteiger partial charge in [-0.05, 0) is 60.4 Å². The fourth-order valence-corrected chi connectivity index (χ4v) is 3.36. The maximum atomic E-state index is 12.4. The second-order valence-electron chi connectivity index (χ2n) is 7.79. The molecule has 0 unspecified atom stereocenters. The molecule has 0 fully saturated rings. The molecule has 0 atom stereocenters. The minimum Gasteiger partial charge on any atom is -0.493 e. The van der Waals surface area contributed by atoms with E-state index in [-0.39, 0.29) is 11.1 Å². The standard InChI is InChI=1S/C28H30N4O6/c1-35-23-9-7-19(15-25(23)37-3)13-21(17-29)27(33)31-11-5-6-12-32-28(34)22(18-30)14-20-8-10-24(36-2)26(16-20)38-4/h7-10,13-16H,5-6,11-12H2,1-4H3,(H,31,33)(H,32,34)/b21-13+,22-14+. The Morgan fingerprint density at radius 2 is 1.05 bits per heavy atom. The zero-order chi connectivity index (χ0) is 27.9. The van der Waals surface area contributed by atoms with Gasteiger partial charge in [-0.25, -0.2) is 0 Å². The predicted molar refractivity (Wildman–Crippen MR) is 142 cm³/mol. The number of methoxy groups -OCH3 is 4. The summed E-state index contributed by atoms with van der Waals surface area (Å²) in [5, 5.41) is 24.2. The smallest absolute Gasteiger partial charge is 0.261 e. The van der Waals surface area contributed by atoms with Crippen LogP contribution in [0.4, 0.5) is 0 Å². The van der Waals surface area contributed by atoms with Crippen molar-refractivity contribution in [3.8, 4) is 35.1 Å². The summed E-state index contributed by atoms with van der Waals surface area (Å²) in [6.07, 6.45) is 4.04. The number of nitriles is 2. The van der Waals surface area contributed by atoms with Crippen molar-refractivity contribution in [2.75, 3.05) is 41.5 Å². The van der Waals surface area contributed by atoms with Gasteiger partial charge in [-0.3, -0.25) is 9.59 Å². The summed E-state index contributed by atoms with van der Waals surface area (Å²) in [6, 6.07) is 13.9. The maximum absolute atomic E-state index is 12.4. The highest BCUT2D eigenvalue weighted by Gasteiger charge is 2.12. The third-order valence-corrected chi connectivity index (χ3v) is 5.34. The first kappa shape index (κ1) is 29.3. The highest BCUT2D eigenvalue weighted by atomic mass is 16.5. The number of hydrogen-bond acceptors (Lipinski definition) is 8. The van der Waals surface area contributed by atoms with E-state index < -0.39 is 11.8 Å². The third kappa shape index (κ3) is 8.32. The number of carbonyl (C=O) groups is 2. The predicted octanol–water partition coefficient (Wildman–Crippen LogP) is 3.25. The number of hydrogen-bond donors (Lipinski definition) is 2. The van der Waals surface area contributed by atoms with Crippen LogP contribution in [0.25, 0.3) is 12.2 Å². The van der Waals surface area contributed by atoms with Crippen molar-refractivity contribution in [3.05, 3.63) is 58.7 Å². The number of rotatable bonds is 13. The van der Waals surface area contributed by atoms with E-state index in [0.29, 0.717) is 60.1 Å². The van der Waals surface area contributed by atoms with E-state index in [0.717, 1.165) is 0 Å². The molecular formula is C28H30N4O6. The van der Waals surface area contributed by atoms with E-state index in [1.54, 1.807) is 36.4 Å². The lowest BCUT2D eigenvalue weighted by molar-refractivity contribution is -0.118. The lowest BCUT2D eigenvalue weighted by atomic mass is 10.1. The molecule has 0 aliphatic heterocycles. The van der Waals surface area contributed by atoms with Gasteiger partial charge >= 0.3 is 0 Å². The molecule has 198 valence electrons. The van der Waals surface area contributed by atoms with Gasteiger partial charge in [-0.2, -0.15) is 10.5 Å². The zero-order valence-electron chi connectivity index (χ0n) is 21.8. The van der Waals surface area contributed by atoms with Crippen LogP contribution in [0.2, 0.25) is 0 Å². The summed E-state index contributed by atoms with van der Waals surface area (Å²) < 4.78 is 20.9. The number of nitrogens with zero attached hydrogens (tertiary/aromatic N) is 2. The van der Waals surface area contributed by atoms with E-state index in [4.69, 9.17) is 18.9 Å². The SMILES string of the molecule is COc1ccc(/C=C(\C#N)C(=O)NCCCCNC(=O)/C(C#N)=C/c2ccc(OC)c(OC)c2)cc1OC. The summed E-state index contributed by atoms with van der Waals surface area (Å²) in [5.41, 5.74) is 1.13. The van der Waals surface area contributed by atoms with Crippen molar-refractivity contribution in [2.24, 2.45) is 0 Å². The van der Waals surface area contributed by atoms with Crippen LogP contribution in [0.3, 0.4) is 0 Å². The Bertz CT molecular complexity index is 1190. The molecule has 38 heavy (non-hydrogen) atoms. The molecule has 0 heterocycles. The molecule has 2 aromatic rings. The van der Waals surface area contributed by atoms with Crippen molar-refractivity contribution in [3.63, 3.8) is 0 Å². The average Bonchev–Trinajstić information content (AvgIpc) is 2.95. The Morgan fingerprint density at radius 1 is 0.684 bits per heavy atom. The molecule has 10 heteroatoms. The number of ether oxygens (including phenoxy) is 4. The Labute approximate surface area is 222 Å². The van der Waals surface area contributed by atoms with Crippen molar-refractivity contribution in [1.29, 1.82) is 10.5 Å². The molecule has 0 aliphatic carbocycles. The van der Waals surface area contributed by atoms with Crippen LogP contribution in [-0.2, 0) is 9.59 Å². The Hall–Kier alpha value is -4.96. The minimum absolute atomic E-state index is 0.0514. The quantitative estimate of drug-likeness (QED) is 0.234. The molecule has 2 N–H and O–H groups in total. The zero-order valence-corrected chi connectivity index (χ0v) is 21.8. The van der Waals surface area contributed by atoms with Crippen molar-refractivity contribution in [1.82, 2.24) is 10.6 Å². The molecule has 0 aliphatic rings. The molecule has 10 nitrogen and oxygen atoms in total. The molecular weight excluding hydrogens is 488 g/mol. The second-order valence-corrected chi connectivity index (χ2v) is 7.79. The fourth-order valence-electron chi connectivity index (χ4n) is 3.36. The topological polar surface area (TPSA) is 143 Å². The van der Waals surface area contributed by atoms with E-state index in [1.807, 2.05) is 12.1 Å². The molecule has 2 amide bonds. The van der Waals surface area contributed by atoms with Crippen LogP contribution in [0, 0.1) is 22.7 Å². The van der Waals surface area contributed by atoms with E-state index in [9.17, 15) is 20.1 Å². The molecule has 0 saturated carbocycles. The fraction of sp³-hybridized carbons (Fsp3) is 0.286. The van der Waals surface area contributed by atoms with Gasteiger partial charge in [0.15, 0.2) is 23.0 Å². The molecule has 0 bridgehead atoms. The van der Waals surface area contributed by atoms with Crippen LogP contribution in [0.1, 0.15) is 24.0 Å². The number of amides is 2. The number of carbonyl (C=O) groups excluding carboxylic acids is 2. The first-order valence-electron chi connectivity index (χ1n) is 11.6. The second kappa shape index (κ2) is 15.2. The number of nitrogens with one attached hydrogen (secondary N) is 2. The molecule has 2 rings (SSSR count). The summed E-state index contributed by atoms with van der Waals surface area (Å²) >= 11 is 0. The Balaban J connectivity index is 1.84. The summed E-state index contributed by atoms with van der Waals surface area (Å²) in [5.74, 6) is 1.04. The van der Waals surface area contributed by atoms with Crippen molar-refractivity contribution < 1.29 is 28.5 Å². The van der Waals surface area contributed by atoms with Gasteiger partial charge in [-0.15, -0.1) is 0 Å². The minimum atomic E-state index is -0.504.